The van der Waals surface area contributed by atoms with E-state index in [9.17, 15) is 9.59 Å². The second kappa shape index (κ2) is 7.00. The Hall–Kier alpha value is -2.19. The number of nitrogens with one attached hydrogen (secondary N) is 2. The predicted octanol–water partition coefficient (Wildman–Crippen LogP) is 0.766. The van der Waals surface area contributed by atoms with Crippen molar-refractivity contribution in [2.24, 2.45) is 5.73 Å². The van der Waals surface area contributed by atoms with Crippen LogP contribution in [0.5, 0.6) is 5.75 Å². The highest BCUT2D eigenvalue weighted by atomic mass is 32.1. The molecule has 0 fully saturated rings. The molecule has 6 nitrogen and oxygen atoms in total. The van der Waals surface area contributed by atoms with E-state index in [1.54, 1.807) is 29.6 Å². The summed E-state index contributed by atoms with van der Waals surface area (Å²) in [5.74, 6) is 0.273. The molecule has 21 heavy (non-hydrogen) atoms. The van der Waals surface area contributed by atoms with Gasteiger partial charge in [0.2, 0.25) is 0 Å². The van der Waals surface area contributed by atoms with Crippen molar-refractivity contribution in [1.29, 1.82) is 0 Å². The summed E-state index contributed by atoms with van der Waals surface area (Å²) < 4.78 is 5.33. The van der Waals surface area contributed by atoms with Crippen LogP contribution >= 0.6 is 23.6 Å². The SMILES string of the molecule is NC(=S)c1ccc(OCC(=O)NCc2csc(=O)[nH]2)cc1. The molecule has 2 aromatic rings. The summed E-state index contributed by atoms with van der Waals surface area (Å²) in [6.45, 7) is 0.155. The van der Waals surface area contributed by atoms with Crippen molar-refractivity contribution in [1.82, 2.24) is 10.3 Å². The van der Waals surface area contributed by atoms with Gasteiger partial charge < -0.3 is 20.8 Å². The van der Waals surface area contributed by atoms with Gasteiger partial charge in [0, 0.05) is 16.6 Å². The molecule has 0 spiro atoms. The van der Waals surface area contributed by atoms with Crippen molar-refractivity contribution in [3.63, 3.8) is 0 Å². The first-order chi connectivity index (χ1) is 10.0. The maximum atomic E-state index is 11.6. The summed E-state index contributed by atoms with van der Waals surface area (Å²) in [6, 6.07) is 6.84. The van der Waals surface area contributed by atoms with Gasteiger partial charge in [0.05, 0.1) is 6.54 Å². The second-order valence-electron chi connectivity index (χ2n) is 4.13. The Bertz CT molecular complexity index is 691. The third-order valence-electron chi connectivity index (χ3n) is 2.56. The lowest BCUT2D eigenvalue weighted by Gasteiger charge is -2.07. The number of rotatable bonds is 6. The Morgan fingerprint density at radius 2 is 2.10 bits per heavy atom. The zero-order valence-electron chi connectivity index (χ0n) is 10.9. The van der Waals surface area contributed by atoms with E-state index in [4.69, 9.17) is 22.7 Å². The maximum Gasteiger partial charge on any atom is 0.304 e. The summed E-state index contributed by atoms with van der Waals surface area (Å²) in [7, 11) is 0. The van der Waals surface area contributed by atoms with Gasteiger partial charge in [0.1, 0.15) is 10.7 Å². The van der Waals surface area contributed by atoms with Crippen molar-refractivity contribution in [3.8, 4) is 5.75 Å². The van der Waals surface area contributed by atoms with Gasteiger partial charge in [0.25, 0.3) is 5.91 Å². The fourth-order valence-corrected chi connectivity index (χ4v) is 2.23. The van der Waals surface area contributed by atoms with Crippen LogP contribution in [0.3, 0.4) is 0 Å². The molecule has 0 bridgehead atoms. The number of aromatic amines is 1. The number of aromatic nitrogens is 1. The Balaban J connectivity index is 1.78. The fourth-order valence-electron chi connectivity index (χ4n) is 1.51. The first kappa shape index (κ1) is 15.2. The summed E-state index contributed by atoms with van der Waals surface area (Å²) >= 11 is 5.90. The van der Waals surface area contributed by atoms with Gasteiger partial charge in [-0.1, -0.05) is 23.6 Å². The number of carbonyl (C=O) groups excluding carboxylic acids is 1. The molecule has 1 aromatic heterocycles. The summed E-state index contributed by atoms with van der Waals surface area (Å²) in [4.78, 5) is 25.3. The number of benzene rings is 1. The predicted molar refractivity (Wildman–Crippen MR) is 84.6 cm³/mol. The molecular weight excluding hydrogens is 310 g/mol. The quantitative estimate of drug-likeness (QED) is 0.682. The van der Waals surface area contributed by atoms with Crippen LogP contribution in [0.1, 0.15) is 11.3 Å². The van der Waals surface area contributed by atoms with Gasteiger partial charge in [-0.2, -0.15) is 0 Å². The Labute approximate surface area is 129 Å². The van der Waals surface area contributed by atoms with Gasteiger partial charge in [-0.25, -0.2) is 0 Å². The second-order valence-corrected chi connectivity index (χ2v) is 5.41. The number of carbonyl (C=O) groups is 1. The lowest BCUT2D eigenvalue weighted by atomic mass is 10.2. The van der Waals surface area contributed by atoms with Crippen molar-refractivity contribution in [2.45, 2.75) is 6.54 Å². The zero-order valence-corrected chi connectivity index (χ0v) is 12.6. The molecule has 0 saturated carbocycles. The van der Waals surface area contributed by atoms with E-state index in [0.29, 0.717) is 16.4 Å². The highest BCUT2D eigenvalue weighted by Gasteiger charge is 2.04. The van der Waals surface area contributed by atoms with E-state index in [-0.39, 0.29) is 23.9 Å². The highest BCUT2D eigenvalue weighted by molar-refractivity contribution is 7.80. The third kappa shape index (κ3) is 4.69. The molecule has 0 saturated heterocycles. The Morgan fingerprint density at radius 3 is 2.67 bits per heavy atom. The number of thiazole rings is 1. The Morgan fingerprint density at radius 1 is 1.38 bits per heavy atom. The molecule has 0 aliphatic carbocycles. The van der Waals surface area contributed by atoms with E-state index in [0.717, 1.165) is 16.9 Å². The molecule has 2 rings (SSSR count). The molecule has 0 atom stereocenters. The average Bonchev–Trinajstić information content (AvgIpc) is 2.89. The van der Waals surface area contributed by atoms with Crippen molar-refractivity contribution >= 4 is 34.5 Å². The van der Waals surface area contributed by atoms with E-state index >= 15 is 0 Å². The highest BCUT2D eigenvalue weighted by Crippen LogP contribution is 2.11. The van der Waals surface area contributed by atoms with E-state index in [1.807, 2.05) is 0 Å². The topological polar surface area (TPSA) is 97.2 Å². The maximum absolute atomic E-state index is 11.6. The first-order valence-corrected chi connectivity index (χ1v) is 7.29. The largest absolute Gasteiger partial charge is 0.484 e. The molecule has 110 valence electrons. The Kier molecular flexibility index (Phi) is 5.07. The number of ether oxygens (including phenoxy) is 1. The van der Waals surface area contributed by atoms with Crippen molar-refractivity contribution in [3.05, 3.63) is 50.6 Å². The molecule has 4 N–H and O–H groups in total. The minimum atomic E-state index is -0.277. The van der Waals surface area contributed by atoms with E-state index in [1.165, 1.54) is 0 Å². The number of hydrogen-bond acceptors (Lipinski definition) is 5. The summed E-state index contributed by atoms with van der Waals surface area (Å²) in [5.41, 5.74) is 6.89. The van der Waals surface area contributed by atoms with Gasteiger partial charge in [-0.3, -0.25) is 9.59 Å². The van der Waals surface area contributed by atoms with E-state index < -0.39 is 0 Å². The van der Waals surface area contributed by atoms with Gasteiger partial charge in [-0.05, 0) is 24.3 Å². The molecule has 0 radical (unpaired) electrons. The van der Waals surface area contributed by atoms with Crippen LogP contribution in [0.2, 0.25) is 0 Å². The van der Waals surface area contributed by atoms with Crippen LogP contribution < -0.4 is 20.7 Å². The van der Waals surface area contributed by atoms with Crippen molar-refractivity contribution < 1.29 is 9.53 Å². The van der Waals surface area contributed by atoms with Gasteiger partial charge >= 0.3 is 4.87 Å². The molecule has 1 heterocycles. The zero-order chi connectivity index (χ0) is 15.2. The molecule has 8 heteroatoms. The third-order valence-corrected chi connectivity index (χ3v) is 3.51. The van der Waals surface area contributed by atoms with Crippen LogP contribution in [0.4, 0.5) is 0 Å². The fraction of sp³-hybridized carbons (Fsp3) is 0.154. The smallest absolute Gasteiger partial charge is 0.304 e. The molecule has 1 aromatic carbocycles. The van der Waals surface area contributed by atoms with E-state index in [2.05, 4.69) is 10.3 Å². The molecule has 0 aliphatic rings. The molecule has 0 aliphatic heterocycles. The minimum Gasteiger partial charge on any atom is -0.484 e. The minimum absolute atomic E-state index is 0.110. The van der Waals surface area contributed by atoms with Crippen molar-refractivity contribution in [2.75, 3.05) is 6.61 Å². The van der Waals surface area contributed by atoms with Gasteiger partial charge in [0.15, 0.2) is 6.61 Å². The number of nitrogens with two attached hydrogens (primary N) is 1. The average molecular weight is 323 g/mol. The first-order valence-electron chi connectivity index (χ1n) is 6.00. The van der Waals surface area contributed by atoms with Crippen LogP contribution in [-0.4, -0.2) is 22.5 Å². The van der Waals surface area contributed by atoms with Crippen LogP contribution in [0.25, 0.3) is 0 Å². The molecule has 0 unspecified atom stereocenters. The molecule has 1 amide bonds. The normalized spacial score (nSPS) is 10.1. The lowest BCUT2D eigenvalue weighted by molar-refractivity contribution is -0.123. The standard InChI is InChI=1S/C13H13N3O3S2/c14-12(20)8-1-3-10(4-2-8)19-6-11(17)15-5-9-7-21-13(18)16-9/h1-4,7H,5-6H2,(H2,14,20)(H,15,17)(H,16,18). The van der Waals surface area contributed by atoms with Gasteiger partial charge in [-0.15, -0.1) is 0 Å². The number of hydrogen-bond donors (Lipinski definition) is 3. The monoisotopic (exact) mass is 323 g/mol. The number of thiocarbonyl (C=S) groups is 1. The summed E-state index contributed by atoms with van der Waals surface area (Å²) in [5, 5.41) is 4.31. The summed E-state index contributed by atoms with van der Waals surface area (Å²) in [6.07, 6.45) is 0. The molecular formula is C13H13N3O3S2. The van der Waals surface area contributed by atoms with Crippen LogP contribution in [0.15, 0.2) is 34.4 Å². The number of H-pyrrole nitrogens is 1. The van der Waals surface area contributed by atoms with Crippen LogP contribution in [-0.2, 0) is 11.3 Å². The van der Waals surface area contributed by atoms with Crippen LogP contribution in [0, 0.1) is 0 Å². The lowest BCUT2D eigenvalue weighted by Crippen LogP contribution is -2.28. The number of amides is 1.